The summed E-state index contributed by atoms with van der Waals surface area (Å²) in [6.45, 7) is 1.56. The number of nitrogens with one attached hydrogen (secondary N) is 2. The third-order valence-electron chi connectivity index (χ3n) is 4.46. The lowest BCUT2D eigenvalue weighted by molar-refractivity contribution is -0.120. The summed E-state index contributed by atoms with van der Waals surface area (Å²) in [5, 5.41) is 4.20. The molecule has 1 aliphatic rings. The van der Waals surface area contributed by atoms with Crippen LogP contribution in [0.4, 0.5) is 18.0 Å². The van der Waals surface area contributed by atoms with Crippen molar-refractivity contribution in [1.29, 1.82) is 0 Å². The Hall–Kier alpha value is -2.61. The SMILES string of the molecule is Cc1ncc(C(CC(=O)[C@@H]2CNC(=O)N2)c2ccc(F)c(Cl)c2F)cc1F. The number of amides is 2. The van der Waals surface area contributed by atoms with E-state index < -0.39 is 40.5 Å². The van der Waals surface area contributed by atoms with Gasteiger partial charge in [0.15, 0.2) is 5.78 Å². The maximum absolute atomic E-state index is 14.6. The van der Waals surface area contributed by atoms with Gasteiger partial charge in [-0.1, -0.05) is 17.7 Å². The second kappa shape index (κ2) is 7.56. The van der Waals surface area contributed by atoms with E-state index in [1.54, 1.807) is 0 Å². The topological polar surface area (TPSA) is 71.1 Å². The molecule has 2 aromatic rings. The van der Waals surface area contributed by atoms with Crippen molar-refractivity contribution in [3.05, 3.63) is 63.7 Å². The van der Waals surface area contributed by atoms with Crippen LogP contribution in [0.3, 0.4) is 0 Å². The van der Waals surface area contributed by atoms with Crippen molar-refractivity contribution in [1.82, 2.24) is 15.6 Å². The highest BCUT2D eigenvalue weighted by Crippen LogP contribution is 2.34. The fourth-order valence-corrected chi connectivity index (χ4v) is 3.09. The zero-order valence-electron chi connectivity index (χ0n) is 14.2. The van der Waals surface area contributed by atoms with Gasteiger partial charge in [0.1, 0.15) is 28.5 Å². The Balaban J connectivity index is 2.01. The smallest absolute Gasteiger partial charge is 0.315 e. The molecular weight excluding hydrogens is 383 g/mol. The van der Waals surface area contributed by atoms with Crippen LogP contribution < -0.4 is 10.6 Å². The molecule has 1 aliphatic heterocycles. The van der Waals surface area contributed by atoms with Crippen molar-refractivity contribution in [2.24, 2.45) is 0 Å². The molecule has 5 nitrogen and oxygen atoms in total. The van der Waals surface area contributed by atoms with Crippen molar-refractivity contribution in [3.8, 4) is 0 Å². The third kappa shape index (κ3) is 3.90. The van der Waals surface area contributed by atoms with Gasteiger partial charge in [0.2, 0.25) is 0 Å². The van der Waals surface area contributed by atoms with Gasteiger partial charge in [-0.25, -0.2) is 18.0 Å². The van der Waals surface area contributed by atoms with Crippen LogP contribution in [-0.4, -0.2) is 29.4 Å². The molecule has 1 aromatic carbocycles. The average Bonchev–Trinajstić information content (AvgIpc) is 3.07. The van der Waals surface area contributed by atoms with Crippen LogP contribution in [-0.2, 0) is 4.79 Å². The van der Waals surface area contributed by atoms with E-state index in [0.29, 0.717) is 0 Å². The fourth-order valence-electron chi connectivity index (χ4n) is 2.92. The number of rotatable bonds is 5. The Kier molecular flexibility index (Phi) is 5.36. The minimum absolute atomic E-state index is 0.0583. The van der Waals surface area contributed by atoms with Gasteiger partial charge in [-0.05, 0) is 30.2 Å². The molecule has 27 heavy (non-hydrogen) atoms. The summed E-state index contributed by atoms with van der Waals surface area (Å²) in [5.41, 5.74) is 0.330. The standard InChI is InChI=1S/C18H15ClF3N3O2/c1-8-13(21)4-9(6-23-8)11(5-15(26)14-7-24-18(27)25-14)10-2-3-12(20)16(19)17(10)22/h2-4,6,11,14H,5,7H2,1H3,(H2,24,25,27)/t11?,14-/m0/s1. The normalized spacial score (nSPS) is 17.4. The maximum Gasteiger partial charge on any atom is 0.315 e. The molecule has 3 rings (SSSR count). The highest BCUT2D eigenvalue weighted by Gasteiger charge is 2.31. The Bertz CT molecular complexity index is 923. The minimum Gasteiger partial charge on any atom is -0.336 e. The Labute approximate surface area is 157 Å². The van der Waals surface area contributed by atoms with Gasteiger partial charge in [-0.2, -0.15) is 0 Å². The number of nitrogens with zero attached hydrogens (tertiary/aromatic N) is 1. The van der Waals surface area contributed by atoms with E-state index in [1.807, 2.05) is 0 Å². The van der Waals surface area contributed by atoms with Crippen molar-refractivity contribution in [2.45, 2.75) is 25.3 Å². The quantitative estimate of drug-likeness (QED) is 0.761. The molecule has 9 heteroatoms. The molecule has 2 amide bonds. The predicted molar refractivity (Wildman–Crippen MR) is 92.1 cm³/mol. The van der Waals surface area contributed by atoms with Crippen molar-refractivity contribution >= 4 is 23.4 Å². The van der Waals surface area contributed by atoms with Crippen molar-refractivity contribution < 1.29 is 22.8 Å². The van der Waals surface area contributed by atoms with Crippen molar-refractivity contribution in [2.75, 3.05) is 6.54 Å². The molecule has 0 radical (unpaired) electrons. The predicted octanol–water partition coefficient (Wildman–Crippen LogP) is 3.23. The summed E-state index contributed by atoms with van der Waals surface area (Å²) >= 11 is 5.66. The van der Waals surface area contributed by atoms with Crippen LogP contribution in [0.25, 0.3) is 0 Å². The molecule has 2 atom stereocenters. The highest BCUT2D eigenvalue weighted by molar-refractivity contribution is 6.31. The number of benzene rings is 1. The number of aryl methyl sites for hydroxylation is 1. The molecule has 2 heterocycles. The van der Waals surface area contributed by atoms with Gasteiger partial charge in [0.05, 0.1) is 5.69 Å². The molecule has 1 unspecified atom stereocenters. The first kappa shape index (κ1) is 19.2. The number of ketones is 1. The maximum atomic E-state index is 14.6. The third-order valence-corrected chi connectivity index (χ3v) is 4.80. The molecule has 1 saturated heterocycles. The van der Waals surface area contributed by atoms with Crippen LogP contribution in [0.1, 0.15) is 29.2 Å². The van der Waals surface area contributed by atoms with Gasteiger partial charge in [-0.15, -0.1) is 0 Å². The Morgan fingerprint density at radius 3 is 2.70 bits per heavy atom. The summed E-state index contributed by atoms with van der Waals surface area (Å²) in [7, 11) is 0. The molecule has 0 spiro atoms. The molecule has 1 aromatic heterocycles. The molecule has 0 saturated carbocycles. The number of aromatic nitrogens is 1. The molecule has 0 bridgehead atoms. The summed E-state index contributed by atoms with van der Waals surface area (Å²) in [4.78, 5) is 27.7. The van der Waals surface area contributed by atoms with E-state index >= 15 is 0 Å². The molecule has 1 fully saturated rings. The van der Waals surface area contributed by atoms with Crippen LogP contribution in [0.5, 0.6) is 0 Å². The largest absolute Gasteiger partial charge is 0.336 e. The van der Waals surface area contributed by atoms with E-state index in [4.69, 9.17) is 11.6 Å². The Morgan fingerprint density at radius 1 is 1.33 bits per heavy atom. The van der Waals surface area contributed by atoms with E-state index in [9.17, 15) is 22.8 Å². The van der Waals surface area contributed by atoms with Crippen LogP contribution in [0, 0.1) is 24.4 Å². The lowest BCUT2D eigenvalue weighted by Crippen LogP contribution is -2.35. The van der Waals surface area contributed by atoms with Gasteiger partial charge in [0, 0.05) is 25.1 Å². The van der Waals surface area contributed by atoms with Crippen molar-refractivity contribution in [3.63, 3.8) is 0 Å². The number of Topliss-reactive ketones (excluding diaryl/α,β-unsaturated/α-hetero) is 1. The number of hydrogen-bond acceptors (Lipinski definition) is 3. The highest BCUT2D eigenvalue weighted by atomic mass is 35.5. The number of hydrogen-bond donors (Lipinski definition) is 2. The average molecular weight is 398 g/mol. The zero-order valence-corrected chi connectivity index (χ0v) is 14.9. The van der Waals surface area contributed by atoms with E-state index in [0.717, 1.165) is 18.2 Å². The van der Waals surface area contributed by atoms with Gasteiger partial charge in [0.25, 0.3) is 0 Å². The second-order valence-electron chi connectivity index (χ2n) is 6.23. The molecule has 0 aliphatic carbocycles. The second-order valence-corrected chi connectivity index (χ2v) is 6.61. The van der Waals surface area contributed by atoms with Crippen LogP contribution in [0.15, 0.2) is 24.4 Å². The molecular formula is C18H15ClF3N3O2. The lowest BCUT2D eigenvalue weighted by Gasteiger charge is -2.20. The lowest BCUT2D eigenvalue weighted by atomic mass is 9.86. The molecule has 142 valence electrons. The number of carbonyl (C=O) groups is 2. The minimum atomic E-state index is -1.02. The summed E-state index contributed by atoms with van der Waals surface area (Å²) in [6.07, 6.45) is 1.08. The first-order chi connectivity index (χ1) is 12.8. The van der Waals surface area contributed by atoms with E-state index in [1.165, 1.54) is 13.1 Å². The number of carbonyl (C=O) groups excluding carboxylic acids is 2. The number of halogens is 4. The molecule has 2 N–H and O–H groups in total. The number of pyridine rings is 1. The monoisotopic (exact) mass is 397 g/mol. The van der Waals surface area contributed by atoms with Gasteiger partial charge < -0.3 is 10.6 Å². The first-order valence-electron chi connectivity index (χ1n) is 8.10. The van der Waals surface area contributed by atoms with Gasteiger partial charge >= 0.3 is 6.03 Å². The van der Waals surface area contributed by atoms with Gasteiger partial charge in [-0.3, -0.25) is 9.78 Å². The summed E-state index contributed by atoms with van der Waals surface area (Å²) in [5.74, 6) is -3.92. The van der Waals surface area contributed by atoms with Crippen LogP contribution in [0.2, 0.25) is 5.02 Å². The van der Waals surface area contributed by atoms with Crippen LogP contribution >= 0.6 is 11.6 Å². The van der Waals surface area contributed by atoms with E-state index in [2.05, 4.69) is 15.6 Å². The fraction of sp³-hybridized carbons (Fsp3) is 0.278. The van der Waals surface area contributed by atoms with E-state index in [-0.39, 0.29) is 35.6 Å². The first-order valence-corrected chi connectivity index (χ1v) is 8.48. The summed E-state index contributed by atoms with van der Waals surface area (Å²) in [6, 6.07) is 2.03. The zero-order chi connectivity index (χ0) is 19.7. The Morgan fingerprint density at radius 2 is 2.07 bits per heavy atom. The number of urea groups is 1. The summed E-state index contributed by atoms with van der Waals surface area (Å²) < 4.78 is 42.1.